The highest BCUT2D eigenvalue weighted by atomic mass is 35.5. The monoisotopic (exact) mass is 417 g/mol. The molecule has 4 rings (SSSR count). The highest BCUT2D eigenvalue weighted by Gasteiger charge is 2.43. The molecule has 1 fully saturated rings. The minimum atomic E-state index is -3.58. The van der Waals surface area contributed by atoms with Crippen LogP contribution in [0.5, 0.6) is 0 Å². The van der Waals surface area contributed by atoms with Gasteiger partial charge in [0.15, 0.2) is 0 Å². The fourth-order valence-corrected chi connectivity index (χ4v) is 5.86. The zero-order valence-corrected chi connectivity index (χ0v) is 16.7. The molecule has 2 aromatic rings. The van der Waals surface area contributed by atoms with Crippen molar-refractivity contribution in [1.29, 1.82) is 0 Å². The third-order valence-corrected chi connectivity index (χ3v) is 7.83. The van der Waals surface area contributed by atoms with Crippen LogP contribution in [0.3, 0.4) is 0 Å². The van der Waals surface area contributed by atoms with Crippen molar-refractivity contribution in [3.05, 3.63) is 70.8 Å². The molecule has 2 aliphatic rings. The van der Waals surface area contributed by atoms with E-state index in [2.05, 4.69) is 6.08 Å². The summed E-state index contributed by atoms with van der Waals surface area (Å²) in [5.74, 6) is -0.860. The minimum absolute atomic E-state index is 0.0223. The van der Waals surface area contributed by atoms with E-state index in [0.29, 0.717) is 31.0 Å². The number of carboxylic acids is 1. The summed E-state index contributed by atoms with van der Waals surface area (Å²) in [5, 5.41) is 9.74. The first-order valence-corrected chi connectivity index (χ1v) is 10.9. The molecular formula is C21H20ClNO4S. The molecule has 0 atom stereocenters. The van der Waals surface area contributed by atoms with Crippen LogP contribution < -0.4 is 0 Å². The number of carboxylic acid groups (broad SMARTS) is 1. The van der Waals surface area contributed by atoms with Gasteiger partial charge >= 0.3 is 5.97 Å². The lowest BCUT2D eigenvalue weighted by Crippen LogP contribution is -2.43. The second-order valence-corrected chi connectivity index (χ2v) is 9.67. The molecule has 2 aromatic carbocycles. The molecule has 1 heterocycles. The van der Waals surface area contributed by atoms with Crippen molar-refractivity contribution in [3.63, 3.8) is 0 Å². The van der Waals surface area contributed by atoms with Crippen LogP contribution in [-0.4, -0.2) is 36.9 Å². The lowest BCUT2D eigenvalue weighted by molar-refractivity contribution is -0.135. The summed E-state index contributed by atoms with van der Waals surface area (Å²) in [6.07, 6.45) is 3.28. The number of benzene rings is 2. The molecule has 0 aromatic heterocycles. The molecule has 0 bridgehead atoms. The summed E-state index contributed by atoms with van der Waals surface area (Å²) < 4.78 is 27.4. The predicted octanol–water partition coefficient (Wildman–Crippen LogP) is 3.93. The Hall–Kier alpha value is -2.15. The molecule has 5 nitrogen and oxygen atoms in total. The molecule has 1 aliphatic heterocycles. The molecule has 1 spiro atoms. The van der Waals surface area contributed by atoms with E-state index in [4.69, 9.17) is 11.6 Å². The van der Waals surface area contributed by atoms with E-state index in [9.17, 15) is 18.3 Å². The molecule has 28 heavy (non-hydrogen) atoms. The maximum Gasteiger partial charge on any atom is 0.307 e. The number of hydrogen-bond acceptors (Lipinski definition) is 3. The van der Waals surface area contributed by atoms with Gasteiger partial charge in [-0.25, -0.2) is 8.42 Å². The average molecular weight is 418 g/mol. The Bertz CT molecular complexity index is 1050. The van der Waals surface area contributed by atoms with Crippen molar-refractivity contribution in [2.24, 2.45) is 0 Å². The van der Waals surface area contributed by atoms with Crippen LogP contribution in [-0.2, 0) is 20.2 Å². The van der Waals surface area contributed by atoms with Gasteiger partial charge in [0.1, 0.15) is 0 Å². The first-order valence-electron chi connectivity index (χ1n) is 9.11. The number of piperidine rings is 1. The van der Waals surface area contributed by atoms with E-state index in [1.807, 2.05) is 24.3 Å². The molecule has 1 saturated heterocycles. The van der Waals surface area contributed by atoms with Gasteiger partial charge in [0.25, 0.3) is 0 Å². The van der Waals surface area contributed by atoms with Gasteiger partial charge in [0.2, 0.25) is 10.0 Å². The van der Waals surface area contributed by atoms with Crippen LogP contribution in [0.15, 0.2) is 59.5 Å². The number of halogens is 1. The van der Waals surface area contributed by atoms with Crippen LogP contribution in [0.2, 0.25) is 5.02 Å². The van der Waals surface area contributed by atoms with Crippen molar-refractivity contribution >= 4 is 33.2 Å². The Labute approximate surface area is 169 Å². The Morgan fingerprint density at radius 3 is 2.36 bits per heavy atom. The number of sulfonamides is 1. The second-order valence-electron chi connectivity index (χ2n) is 7.30. The largest absolute Gasteiger partial charge is 0.481 e. The molecule has 1 N–H and O–H groups in total. The van der Waals surface area contributed by atoms with Gasteiger partial charge in [0, 0.05) is 23.5 Å². The fraction of sp³-hybridized carbons (Fsp3) is 0.286. The van der Waals surface area contributed by atoms with E-state index < -0.39 is 16.0 Å². The normalized spacial score (nSPS) is 18.7. The summed E-state index contributed by atoms with van der Waals surface area (Å²) in [6.45, 7) is 0.770. The lowest BCUT2D eigenvalue weighted by Gasteiger charge is -2.38. The van der Waals surface area contributed by atoms with Crippen LogP contribution in [0.1, 0.15) is 30.4 Å². The van der Waals surface area contributed by atoms with Gasteiger partial charge in [-0.1, -0.05) is 41.9 Å². The number of carbonyl (C=O) groups is 1. The SMILES string of the molecule is O=C(O)CC1=CC2(CCN(S(=O)(=O)c3ccc(Cl)cc3)CC2)c2ccccc21. The number of fused-ring (bicyclic) bond motifs is 2. The number of nitrogens with zero attached hydrogens (tertiary/aromatic N) is 1. The molecule has 146 valence electrons. The van der Waals surface area contributed by atoms with Gasteiger partial charge in [-0.3, -0.25) is 4.79 Å². The lowest BCUT2D eigenvalue weighted by atomic mass is 9.75. The predicted molar refractivity (Wildman–Crippen MR) is 108 cm³/mol. The van der Waals surface area contributed by atoms with Crippen LogP contribution in [0.4, 0.5) is 0 Å². The average Bonchev–Trinajstić information content (AvgIpc) is 2.95. The quantitative estimate of drug-likeness (QED) is 0.817. The first-order chi connectivity index (χ1) is 13.3. The first kappa shape index (κ1) is 19.2. The van der Waals surface area contributed by atoms with E-state index in [0.717, 1.165) is 16.7 Å². The summed E-state index contributed by atoms with van der Waals surface area (Å²) in [4.78, 5) is 11.5. The Morgan fingerprint density at radius 2 is 1.71 bits per heavy atom. The Morgan fingerprint density at radius 1 is 1.07 bits per heavy atom. The minimum Gasteiger partial charge on any atom is -0.481 e. The molecule has 0 unspecified atom stereocenters. The Balaban J connectivity index is 1.60. The molecular weight excluding hydrogens is 398 g/mol. The maximum absolute atomic E-state index is 12.9. The summed E-state index contributed by atoms with van der Waals surface area (Å²) >= 11 is 5.87. The zero-order chi connectivity index (χ0) is 19.9. The fourth-order valence-electron chi connectivity index (χ4n) is 4.29. The molecule has 1 aliphatic carbocycles. The molecule has 0 saturated carbocycles. The highest BCUT2D eigenvalue weighted by Crippen LogP contribution is 2.48. The number of aliphatic carboxylic acids is 1. The molecule has 0 radical (unpaired) electrons. The van der Waals surface area contributed by atoms with Gasteiger partial charge in [-0.05, 0) is 53.8 Å². The maximum atomic E-state index is 12.9. The number of hydrogen-bond donors (Lipinski definition) is 1. The highest BCUT2D eigenvalue weighted by molar-refractivity contribution is 7.89. The number of rotatable bonds is 4. The topological polar surface area (TPSA) is 74.7 Å². The van der Waals surface area contributed by atoms with Crippen LogP contribution >= 0.6 is 11.6 Å². The third-order valence-electron chi connectivity index (χ3n) is 5.67. The van der Waals surface area contributed by atoms with Crippen molar-refractivity contribution in [2.75, 3.05) is 13.1 Å². The Kier molecular flexibility index (Phi) is 4.81. The van der Waals surface area contributed by atoms with E-state index >= 15 is 0 Å². The van der Waals surface area contributed by atoms with E-state index in [1.165, 1.54) is 16.4 Å². The summed E-state index contributed by atoms with van der Waals surface area (Å²) in [7, 11) is -3.58. The standard InChI is InChI=1S/C21H20ClNO4S/c22-16-5-7-17(8-6-16)28(26,27)23-11-9-21(10-12-23)14-15(13-20(24)25)18-3-1-2-4-19(18)21/h1-8,14H,9-13H2,(H,24,25). The van der Waals surface area contributed by atoms with Gasteiger partial charge in [-0.15, -0.1) is 0 Å². The smallest absolute Gasteiger partial charge is 0.307 e. The van der Waals surface area contributed by atoms with Crippen molar-refractivity contribution < 1.29 is 18.3 Å². The van der Waals surface area contributed by atoms with E-state index in [1.54, 1.807) is 12.1 Å². The van der Waals surface area contributed by atoms with E-state index in [-0.39, 0.29) is 16.7 Å². The van der Waals surface area contributed by atoms with Crippen LogP contribution in [0.25, 0.3) is 5.57 Å². The summed E-state index contributed by atoms with van der Waals surface area (Å²) in [5.41, 5.74) is 2.60. The zero-order valence-electron chi connectivity index (χ0n) is 15.1. The molecule has 7 heteroatoms. The van der Waals surface area contributed by atoms with Gasteiger partial charge in [-0.2, -0.15) is 4.31 Å². The van der Waals surface area contributed by atoms with Crippen molar-refractivity contribution in [2.45, 2.75) is 29.6 Å². The second kappa shape index (κ2) is 7.03. The van der Waals surface area contributed by atoms with Crippen LogP contribution in [0, 0.1) is 0 Å². The number of allylic oxidation sites excluding steroid dienone is 1. The van der Waals surface area contributed by atoms with Gasteiger partial charge in [0.05, 0.1) is 11.3 Å². The summed E-state index contributed by atoms with van der Waals surface area (Å²) in [6, 6.07) is 14.1. The van der Waals surface area contributed by atoms with Crippen molar-refractivity contribution in [3.8, 4) is 0 Å². The van der Waals surface area contributed by atoms with Crippen molar-refractivity contribution in [1.82, 2.24) is 4.31 Å². The third kappa shape index (κ3) is 3.26. The molecule has 0 amide bonds. The van der Waals surface area contributed by atoms with Gasteiger partial charge < -0.3 is 5.11 Å².